The van der Waals surface area contributed by atoms with Gasteiger partial charge in [-0.15, -0.1) is 0 Å². The zero-order chi connectivity index (χ0) is 22.4. The van der Waals surface area contributed by atoms with Gasteiger partial charge in [0.15, 0.2) is 11.5 Å². The lowest BCUT2D eigenvalue weighted by Crippen LogP contribution is -2.39. The molecule has 1 aromatic carbocycles. The Labute approximate surface area is 188 Å². The molecule has 10 heteroatoms. The van der Waals surface area contributed by atoms with E-state index in [-0.39, 0.29) is 17.3 Å². The van der Waals surface area contributed by atoms with Gasteiger partial charge >= 0.3 is 0 Å². The lowest BCUT2D eigenvalue weighted by Gasteiger charge is -2.27. The molecular weight excluding hydrogens is 427 g/mol. The van der Waals surface area contributed by atoms with Crippen LogP contribution in [0.5, 0.6) is 0 Å². The molecule has 4 aromatic rings. The van der Waals surface area contributed by atoms with Crippen LogP contribution in [0.2, 0.25) is 0 Å². The van der Waals surface area contributed by atoms with Gasteiger partial charge in [0.1, 0.15) is 17.7 Å². The number of hydrogen-bond acceptors (Lipinski definition) is 7. The Morgan fingerprint density at radius 1 is 1.09 bits per heavy atom. The van der Waals surface area contributed by atoms with Gasteiger partial charge < -0.3 is 13.8 Å². The molecule has 33 heavy (non-hydrogen) atoms. The van der Waals surface area contributed by atoms with Crippen LogP contribution in [0.1, 0.15) is 37.4 Å². The summed E-state index contributed by atoms with van der Waals surface area (Å²) in [6.07, 6.45) is 6.00. The van der Waals surface area contributed by atoms with Crippen LogP contribution >= 0.6 is 0 Å². The molecule has 1 aliphatic heterocycles. The van der Waals surface area contributed by atoms with Crippen LogP contribution in [0.3, 0.4) is 0 Å². The third-order valence-corrected chi connectivity index (χ3v) is 6.81. The van der Waals surface area contributed by atoms with E-state index in [4.69, 9.17) is 9.26 Å². The summed E-state index contributed by atoms with van der Waals surface area (Å²) >= 11 is 0. The number of halogens is 1. The number of nitrogens with zero attached hydrogens (tertiary/aromatic N) is 6. The highest BCUT2D eigenvalue weighted by Crippen LogP contribution is 2.33. The molecule has 3 aromatic heterocycles. The summed E-state index contributed by atoms with van der Waals surface area (Å²) in [7, 11) is 0. The topological polar surface area (TPSA) is 90.7 Å². The molecule has 0 unspecified atom stereocenters. The number of fused-ring (bicyclic) bond motifs is 3. The van der Waals surface area contributed by atoms with Crippen molar-refractivity contribution < 1.29 is 13.7 Å². The summed E-state index contributed by atoms with van der Waals surface area (Å²) in [4.78, 5) is 25.0. The Morgan fingerprint density at radius 3 is 2.73 bits per heavy atom. The summed E-state index contributed by atoms with van der Waals surface area (Å²) in [5.41, 5.74) is 1.69. The molecule has 0 N–H and O–H groups in total. The molecule has 1 saturated carbocycles. The molecule has 6 rings (SSSR count). The standard InChI is InChI=1S/C23H25FN6O3/c24-16-5-6-17-18(13-16)29(8-7-28-9-11-32-12-10-28)23(31)20-19(25-14-30(17)20)22-26-21(27-33-22)15-3-1-2-4-15/h5-6,13-15H,1-4,7-12H2. The molecular formula is C23H25FN6O3. The second kappa shape index (κ2) is 8.35. The lowest BCUT2D eigenvalue weighted by atomic mass is 10.1. The number of ether oxygens (including phenoxy) is 1. The van der Waals surface area contributed by atoms with E-state index in [9.17, 15) is 9.18 Å². The summed E-state index contributed by atoms with van der Waals surface area (Å²) < 4.78 is 28.4. The van der Waals surface area contributed by atoms with Gasteiger partial charge in [-0.2, -0.15) is 4.98 Å². The van der Waals surface area contributed by atoms with Gasteiger partial charge in [-0.1, -0.05) is 18.0 Å². The lowest BCUT2D eigenvalue weighted by molar-refractivity contribution is 0.0364. The molecule has 0 radical (unpaired) electrons. The van der Waals surface area contributed by atoms with E-state index < -0.39 is 0 Å². The normalized spacial score (nSPS) is 18.1. The van der Waals surface area contributed by atoms with Crippen LogP contribution in [0.4, 0.5) is 4.39 Å². The van der Waals surface area contributed by atoms with Gasteiger partial charge in [0.25, 0.3) is 11.4 Å². The van der Waals surface area contributed by atoms with E-state index in [0.717, 1.165) is 25.9 Å². The van der Waals surface area contributed by atoms with Crippen molar-refractivity contribution in [3.8, 4) is 11.6 Å². The first-order valence-corrected chi connectivity index (χ1v) is 11.5. The average Bonchev–Trinajstić information content (AvgIpc) is 3.59. The maximum Gasteiger partial charge on any atom is 0.278 e. The zero-order valence-electron chi connectivity index (χ0n) is 18.2. The second-order valence-electron chi connectivity index (χ2n) is 8.79. The Hall–Kier alpha value is -3.11. The molecule has 0 atom stereocenters. The van der Waals surface area contributed by atoms with Crippen LogP contribution < -0.4 is 5.56 Å². The van der Waals surface area contributed by atoms with Crippen molar-refractivity contribution in [1.82, 2.24) is 29.0 Å². The minimum absolute atomic E-state index is 0.248. The first kappa shape index (κ1) is 20.5. The molecule has 2 aliphatic rings. The Kier molecular flexibility index (Phi) is 5.18. The van der Waals surface area contributed by atoms with Crippen LogP contribution in [0.25, 0.3) is 28.1 Å². The highest BCUT2D eigenvalue weighted by Gasteiger charge is 2.26. The van der Waals surface area contributed by atoms with Crippen LogP contribution in [-0.2, 0) is 11.3 Å². The highest BCUT2D eigenvalue weighted by atomic mass is 19.1. The van der Waals surface area contributed by atoms with Crippen LogP contribution in [0, 0.1) is 5.82 Å². The van der Waals surface area contributed by atoms with E-state index in [2.05, 4.69) is 20.0 Å². The molecule has 1 aliphatic carbocycles. The van der Waals surface area contributed by atoms with Gasteiger partial charge in [-0.3, -0.25) is 14.1 Å². The fourth-order valence-electron chi connectivity index (χ4n) is 5.01. The predicted octanol–water partition coefficient (Wildman–Crippen LogP) is 2.83. The largest absolute Gasteiger partial charge is 0.379 e. The van der Waals surface area contributed by atoms with Crippen LogP contribution in [0.15, 0.2) is 33.8 Å². The smallest absolute Gasteiger partial charge is 0.278 e. The molecule has 0 amide bonds. The van der Waals surface area contributed by atoms with Crippen molar-refractivity contribution in [2.24, 2.45) is 0 Å². The molecule has 4 heterocycles. The number of morpholine rings is 1. The molecule has 0 spiro atoms. The van der Waals surface area contributed by atoms with E-state index in [1.54, 1.807) is 21.4 Å². The zero-order valence-corrected chi connectivity index (χ0v) is 18.2. The first-order chi connectivity index (χ1) is 16.2. The third kappa shape index (κ3) is 3.63. The van der Waals surface area contributed by atoms with Crippen molar-refractivity contribution in [1.29, 1.82) is 0 Å². The van der Waals surface area contributed by atoms with Crippen molar-refractivity contribution in [2.45, 2.75) is 38.1 Å². The van der Waals surface area contributed by atoms with E-state index in [0.29, 0.717) is 60.3 Å². The number of hydrogen-bond donors (Lipinski definition) is 0. The van der Waals surface area contributed by atoms with Gasteiger partial charge in [-0.05, 0) is 31.0 Å². The Bertz CT molecular complexity index is 1360. The number of benzene rings is 1. The monoisotopic (exact) mass is 452 g/mol. The summed E-state index contributed by atoms with van der Waals surface area (Å²) in [6.45, 7) is 4.07. The van der Waals surface area contributed by atoms with Crippen molar-refractivity contribution in [3.63, 3.8) is 0 Å². The molecule has 2 fully saturated rings. The Morgan fingerprint density at radius 2 is 1.91 bits per heavy atom. The maximum atomic E-state index is 14.2. The van der Waals surface area contributed by atoms with Gasteiger partial charge in [0.2, 0.25) is 0 Å². The quantitative estimate of drug-likeness (QED) is 0.460. The number of aromatic nitrogens is 5. The maximum absolute atomic E-state index is 14.2. The van der Waals surface area contributed by atoms with Gasteiger partial charge in [0, 0.05) is 32.1 Å². The molecule has 1 saturated heterocycles. The van der Waals surface area contributed by atoms with E-state index >= 15 is 0 Å². The number of rotatable bonds is 5. The summed E-state index contributed by atoms with van der Waals surface area (Å²) in [5.74, 6) is 0.835. The van der Waals surface area contributed by atoms with Gasteiger partial charge in [0.05, 0.1) is 24.2 Å². The highest BCUT2D eigenvalue weighted by molar-refractivity contribution is 5.83. The number of imidazole rings is 1. The van der Waals surface area contributed by atoms with Crippen molar-refractivity contribution in [3.05, 3.63) is 46.5 Å². The predicted molar refractivity (Wildman–Crippen MR) is 119 cm³/mol. The van der Waals surface area contributed by atoms with Crippen molar-refractivity contribution >= 4 is 16.6 Å². The summed E-state index contributed by atoms with van der Waals surface area (Å²) in [5, 5.41) is 4.17. The van der Waals surface area contributed by atoms with E-state index in [1.807, 2.05) is 0 Å². The minimum atomic E-state index is -0.389. The van der Waals surface area contributed by atoms with E-state index in [1.165, 1.54) is 25.0 Å². The average molecular weight is 452 g/mol. The second-order valence-corrected chi connectivity index (χ2v) is 8.79. The first-order valence-electron chi connectivity index (χ1n) is 11.5. The molecule has 9 nitrogen and oxygen atoms in total. The Balaban J connectivity index is 1.46. The third-order valence-electron chi connectivity index (χ3n) is 6.81. The fraction of sp³-hybridized carbons (Fsp3) is 0.478. The SMILES string of the molecule is O=c1c2c(-c3nc(C4CCCC4)no3)ncn2c2ccc(F)cc2n1CCN1CCOCC1. The minimum Gasteiger partial charge on any atom is -0.379 e. The van der Waals surface area contributed by atoms with Crippen LogP contribution in [-0.4, -0.2) is 61.8 Å². The molecule has 172 valence electrons. The summed E-state index contributed by atoms with van der Waals surface area (Å²) in [6, 6.07) is 4.47. The fourth-order valence-corrected chi connectivity index (χ4v) is 5.01. The van der Waals surface area contributed by atoms with Gasteiger partial charge in [-0.25, -0.2) is 9.37 Å². The molecule has 0 bridgehead atoms. The van der Waals surface area contributed by atoms with Crippen molar-refractivity contribution in [2.75, 3.05) is 32.8 Å².